The zero-order chi connectivity index (χ0) is 19.3. The third-order valence-electron chi connectivity index (χ3n) is 3.63. The molecule has 0 radical (unpaired) electrons. The summed E-state index contributed by atoms with van der Waals surface area (Å²) in [4.78, 5) is 12.6. The van der Waals surface area contributed by atoms with Crippen molar-refractivity contribution >= 4 is 27.3 Å². The molecule has 1 amide bonds. The lowest BCUT2D eigenvalue weighted by Crippen LogP contribution is -2.17. The van der Waals surface area contributed by atoms with Gasteiger partial charge in [-0.15, -0.1) is 5.10 Å². The zero-order valence-corrected chi connectivity index (χ0v) is 15.3. The maximum Gasteiger partial charge on any atom is 0.257 e. The van der Waals surface area contributed by atoms with Crippen LogP contribution in [0.15, 0.2) is 54.9 Å². The van der Waals surface area contributed by atoms with Crippen molar-refractivity contribution < 1.29 is 13.2 Å². The first-order chi connectivity index (χ1) is 13.0. The Hall–Kier alpha value is -3.27. The fraction of sp³-hybridized carbons (Fsp3) is 0.176. The highest BCUT2D eigenvalue weighted by atomic mass is 32.2. The number of benzene rings is 2. The maximum atomic E-state index is 12.6. The van der Waals surface area contributed by atoms with Crippen molar-refractivity contribution in [1.29, 1.82) is 0 Å². The average Bonchev–Trinajstić information content (AvgIpc) is 3.17. The van der Waals surface area contributed by atoms with Crippen LogP contribution in [0.3, 0.4) is 0 Å². The molecule has 0 aliphatic carbocycles. The molecule has 2 N–H and O–H groups in total. The first-order valence-corrected chi connectivity index (χ1v) is 9.88. The van der Waals surface area contributed by atoms with Crippen molar-refractivity contribution in [3.8, 4) is 5.69 Å². The third kappa shape index (κ3) is 4.67. The number of carbonyl (C=O) groups is 1. The number of nitrogens with zero attached hydrogens (tertiary/aromatic N) is 4. The van der Waals surface area contributed by atoms with E-state index in [4.69, 9.17) is 0 Å². The highest BCUT2D eigenvalue weighted by molar-refractivity contribution is 7.92. The third-order valence-corrected chi connectivity index (χ3v) is 5.13. The molecule has 27 heavy (non-hydrogen) atoms. The van der Waals surface area contributed by atoms with Gasteiger partial charge in [0.15, 0.2) is 0 Å². The second kappa shape index (κ2) is 7.96. The van der Waals surface area contributed by atoms with Crippen LogP contribution in [-0.4, -0.2) is 40.3 Å². The van der Waals surface area contributed by atoms with Gasteiger partial charge in [-0.2, -0.15) is 4.68 Å². The number of para-hydroxylation sites is 1. The molecule has 0 aliphatic heterocycles. The number of sulfonamides is 1. The van der Waals surface area contributed by atoms with Crippen molar-refractivity contribution in [3.05, 3.63) is 60.4 Å². The van der Waals surface area contributed by atoms with E-state index in [1.807, 2.05) is 0 Å². The fourth-order valence-electron chi connectivity index (χ4n) is 2.46. The number of amides is 1. The Kier molecular flexibility index (Phi) is 5.46. The van der Waals surface area contributed by atoms with Gasteiger partial charge in [0.2, 0.25) is 10.0 Å². The largest absolute Gasteiger partial charge is 0.322 e. The molecule has 0 atom stereocenters. The minimum Gasteiger partial charge on any atom is -0.322 e. The van der Waals surface area contributed by atoms with Gasteiger partial charge in [-0.25, -0.2) is 8.42 Å². The molecule has 1 heterocycles. The maximum absolute atomic E-state index is 12.6. The summed E-state index contributed by atoms with van der Waals surface area (Å²) in [6.07, 6.45) is 1.94. The summed E-state index contributed by atoms with van der Waals surface area (Å²) in [5.74, 6) is -0.278. The highest BCUT2D eigenvalue weighted by Crippen LogP contribution is 2.18. The lowest BCUT2D eigenvalue weighted by molar-refractivity contribution is 0.102. The predicted molar refractivity (Wildman–Crippen MR) is 101 cm³/mol. The number of carbonyl (C=O) groups excluding carboxylic acids is 1. The molecule has 1 aromatic heterocycles. The van der Waals surface area contributed by atoms with Crippen molar-refractivity contribution in [2.45, 2.75) is 13.3 Å². The molecule has 2 aromatic carbocycles. The molecule has 3 aromatic rings. The second-order valence-corrected chi connectivity index (χ2v) is 7.57. The highest BCUT2D eigenvalue weighted by Gasteiger charge is 2.14. The van der Waals surface area contributed by atoms with Crippen molar-refractivity contribution in [3.63, 3.8) is 0 Å². The molecule has 0 spiro atoms. The molecule has 9 nitrogen and oxygen atoms in total. The van der Waals surface area contributed by atoms with E-state index in [9.17, 15) is 13.2 Å². The number of hydrogen-bond donors (Lipinski definition) is 2. The van der Waals surface area contributed by atoms with Gasteiger partial charge in [-0.05, 0) is 53.2 Å². The summed E-state index contributed by atoms with van der Waals surface area (Å²) in [5.41, 5.74) is 1.92. The van der Waals surface area contributed by atoms with Crippen LogP contribution in [0.2, 0.25) is 0 Å². The number of rotatable bonds is 7. The number of nitrogens with one attached hydrogen (secondary N) is 2. The number of hydrogen-bond acceptors (Lipinski definition) is 6. The van der Waals surface area contributed by atoms with Gasteiger partial charge in [-0.3, -0.25) is 9.52 Å². The van der Waals surface area contributed by atoms with Gasteiger partial charge in [0.05, 0.1) is 17.0 Å². The molecule has 0 unspecified atom stereocenters. The van der Waals surface area contributed by atoms with Gasteiger partial charge in [-0.1, -0.05) is 19.1 Å². The van der Waals surface area contributed by atoms with Gasteiger partial charge in [0.1, 0.15) is 6.33 Å². The number of aromatic nitrogens is 4. The standard InChI is InChI=1S/C17H18N6O3S/c1-2-11-27(25,26)20-14-9-7-13(8-10-14)19-17(24)15-5-3-4-6-16(15)23-12-18-21-22-23/h3-10,12,20H,2,11H2,1H3,(H,19,24). The van der Waals surface area contributed by atoms with E-state index < -0.39 is 10.0 Å². The minimum absolute atomic E-state index is 0.0550. The van der Waals surface area contributed by atoms with Crippen molar-refractivity contribution in [2.24, 2.45) is 0 Å². The molecule has 0 saturated carbocycles. The zero-order valence-electron chi connectivity index (χ0n) is 14.5. The summed E-state index contributed by atoms with van der Waals surface area (Å²) in [5, 5.41) is 13.7. The van der Waals surface area contributed by atoms with Crippen LogP contribution in [0.4, 0.5) is 11.4 Å². The smallest absolute Gasteiger partial charge is 0.257 e. The van der Waals surface area contributed by atoms with Gasteiger partial charge in [0, 0.05) is 11.4 Å². The van der Waals surface area contributed by atoms with E-state index in [0.717, 1.165) is 0 Å². The quantitative estimate of drug-likeness (QED) is 0.641. The Bertz CT molecular complexity index is 1020. The predicted octanol–water partition coefficient (Wildman–Crippen LogP) is 2.07. The minimum atomic E-state index is -3.35. The molecule has 0 fully saturated rings. The van der Waals surface area contributed by atoms with Crippen LogP contribution in [-0.2, 0) is 10.0 Å². The Labute approximate surface area is 156 Å². The molecule has 140 valence electrons. The van der Waals surface area contributed by atoms with E-state index in [-0.39, 0.29) is 11.7 Å². The summed E-state index contributed by atoms with van der Waals surface area (Å²) in [7, 11) is -3.35. The van der Waals surface area contributed by atoms with Crippen molar-refractivity contribution in [2.75, 3.05) is 15.8 Å². The molecular formula is C17H18N6O3S. The van der Waals surface area contributed by atoms with E-state index in [0.29, 0.717) is 29.0 Å². The Morgan fingerprint density at radius 1 is 1.07 bits per heavy atom. The molecule has 0 bridgehead atoms. The van der Waals surface area contributed by atoms with Crippen molar-refractivity contribution in [1.82, 2.24) is 20.2 Å². The van der Waals surface area contributed by atoms with Crippen LogP contribution in [0, 0.1) is 0 Å². The summed E-state index contributed by atoms with van der Waals surface area (Å²) in [6.45, 7) is 1.80. The van der Waals surface area contributed by atoms with E-state index in [2.05, 4.69) is 25.6 Å². The van der Waals surface area contributed by atoms with Crippen LogP contribution in [0.5, 0.6) is 0 Å². The molecule has 10 heteroatoms. The average molecular weight is 386 g/mol. The summed E-state index contributed by atoms with van der Waals surface area (Å²) >= 11 is 0. The molecule has 0 saturated heterocycles. The van der Waals surface area contributed by atoms with E-state index >= 15 is 0 Å². The second-order valence-electron chi connectivity index (χ2n) is 5.72. The number of tetrazole rings is 1. The normalized spacial score (nSPS) is 11.1. The monoisotopic (exact) mass is 386 g/mol. The van der Waals surface area contributed by atoms with Gasteiger partial charge >= 0.3 is 0 Å². The lowest BCUT2D eigenvalue weighted by atomic mass is 10.1. The Balaban J connectivity index is 1.74. The van der Waals surface area contributed by atoms with Crippen LogP contribution >= 0.6 is 0 Å². The fourth-order valence-corrected chi connectivity index (χ4v) is 3.59. The first-order valence-electron chi connectivity index (χ1n) is 8.23. The van der Waals surface area contributed by atoms with Crippen LogP contribution in [0.1, 0.15) is 23.7 Å². The lowest BCUT2D eigenvalue weighted by Gasteiger charge is -2.11. The summed E-state index contributed by atoms with van der Waals surface area (Å²) < 4.78 is 27.5. The number of anilines is 2. The summed E-state index contributed by atoms with van der Waals surface area (Å²) in [6, 6.07) is 13.4. The van der Waals surface area contributed by atoms with Gasteiger partial charge in [0.25, 0.3) is 5.91 Å². The Morgan fingerprint density at radius 3 is 2.44 bits per heavy atom. The topological polar surface area (TPSA) is 119 Å². The molecule has 3 rings (SSSR count). The van der Waals surface area contributed by atoms with E-state index in [1.165, 1.54) is 11.0 Å². The van der Waals surface area contributed by atoms with E-state index in [1.54, 1.807) is 55.5 Å². The SMILES string of the molecule is CCCS(=O)(=O)Nc1ccc(NC(=O)c2ccccc2-n2cnnn2)cc1. The van der Waals surface area contributed by atoms with Gasteiger partial charge < -0.3 is 5.32 Å². The molecule has 0 aliphatic rings. The first kappa shape index (κ1) is 18.5. The Morgan fingerprint density at radius 2 is 1.78 bits per heavy atom. The van der Waals surface area contributed by atoms with Crippen LogP contribution in [0.25, 0.3) is 5.69 Å². The molecular weight excluding hydrogens is 368 g/mol. The van der Waals surface area contributed by atoms with Crippen LogP contribution < -0.4 is 10.0 Å².